The maximum Gasteiger partial charge on any atom is 0.246 e. The van der Waals surface area contributed by atoms with Crippen molar-refractivity contribution in [1.82, 2.24) is 0 Å². The Bertz CT molecular complexity index is 304. The van der Waals surface area contributed by atoms with Gasteiger partial charge < -0.3 is 12.6 Å². The molecule has 0 aliphatic rings. The van der Waals surface area contributed by atoms with Gasteiger partial charge in [0.15, 0.2) is 0 Å². The van der Waals surface area contributed by atoms with Gasteiger partial charge in [-0.05, 0) is 32.3 Å². The second-order valence-corrected chi connectivity index (χ2v) is 15.0. The Balaban J connectivity index is 3.00. The molecule has 0 fully saturated rings. The Morgan fingerprint density at radius 1 is 1.07 bits per heavy atom. The lowest BCUT2D eigenvalue weighted by atomic mass is 10.7. The summed E-state index contributed by atoms with van der Waals surface area (Å²) in [7, 11) is -1.87. The lowest BCUT2D eigenvalue weighted by molar-refractivity contribution is 0.558. The van der Waals surface area contributed by atoms with Crippen LogP contribution in [0.5, 0.6) is 0 Å². The molecule has 1 rings (SSSR count). The molecule has 0 amide bonds. The Morgan fingerprint density at radius 2 is 1.60 bits per heavy atom. The standard InChI is InChI=1S/C8H20O3Si4/c1-14(2,10-12)7-5-8(9-6-7)15(3,4)11-13/h5-6H,1-4,12-13H3. The van der Waals surface area contributed by atoms with Crippen molar-refractivity contribution in [3.8, 4) is 0 Å². The van der Waals surface area contributed by atoms with Gasteiger partial charge >= 0.3 is 0 Å². The molecule has 0 radical (unpaired) electrons. The van der Waals surface area contributed by atoms with Crippen molar-refractivity contribution in [3.63, 3.8) is 0 Å². The van der Waals surface area contributed by atoms with E-state index < -0.39 is 16.6 Å². The molecule has 0 N–H and O–H groups in total. The van der Waals surface area contributed by atoms with Gasteiger partial charge in [-0.25, -0.2) is 0 Å². The van der Waals surface area contributed by atoms with Gasteiger partial charge in [-0.15, -0.1) is 0 Å². The molecular formula is C8H20O3Si4. The van der Waals surface area contributed by atoms with Gasteiger partial charge in [-0.1, -0.05) is 0 Å². The lowest BCUT2D eigenvalue weighted by Gasteiger charge is -2.19. The maximum absolute atomic E-state index is 5.68. The first-order valence-electron chi connectivity index (χ1n) is 5.03. The highest BCUT2D eigenvalue weighted by molar-refractivity contribution is 6.88. The van der Waals surface area contributed by atoms with Gasteiger partial charge in [0.05, 0.1) is 6.26 Å². The van der Waals surface area contributed by atoms with Crippen molar-refractivity contribution in [2.24, 2.45) is 0 Å². The first kappa shape index (κ1) is 13.1. The Morgan fingerprint density at radius 3 is 2.07 bits per heavy atom. The van der Waals surface area contributed by atoms with Gasteiger partial charge in [-0.3, -0.25) is 0 Å². The van der Waals surface area contributed by atoms with Crippen LogP contribution in [-0.2, 0) is 8.23 Å². The highest BCUT2D eigenvalue weighted by atomic mass is 28.4. The van der Waals surface area contributed by atoms with Gasteiger partial charge in [0, 0.05) is 5.19 Å². The first-order valence-corrected chi connectivity index (χ1v) is 12.5. The molecule has 0 saturated carbocycles. The van der Waals surface area contributed by atoms with E-state index >= 15 is 0 Å². The predicted octanol–water partition coefficient (Wildman–Crippen LogP) is -1.30. The summed E-state index contributed by atoms with van der Waals surface area (Å²) in [6.07, 6.45) is 1.86. The Kier molecular flexibility index (Phi) is 3.95. The van der Waals surface area contributed by atoms with Crippen LogP contribution in [0.25, 0.3) is 0 Å². The molecule has 0 spiro atoms. The lowest BCUT2D eigenvalue weighted by Crippen LogP contribution is -2.47. The predicted molar refractivity (Wildman–Crippen MR) is 75.0 cm³/mol. The zero-order valence-electron chi connectivity index (χ0n) is 10.4. The summed E-state index contributed by atoms with van der Waals surface area (Å²) in [4.78, 5) is 0. The van der Waals surface area contributed by atoms with Crippen LogP contribution < -0.4 is 10.6 Å². The van der Waals surface area contributed by atoms with Crippen LogP contribution in [0.2, 0.25) is 26.2 Å². The third-order valence-electron chi connectivity index (χ3n) is 2.91. The fraction of sp³-hybridized carbons (Fsp3) is 0.500. The van der Waals surface area contributed by atoms with E-state index in [0.29, 0.717) is 0 Å². The number of furan rings is 1. The van der Waals surface area contributed by atoms with Crippen LogP contribution in [0, 0.1) is 0 Å². The summed E-state index contributed by atoms with van der Waals surface area (Å²) in [6, 6.07) is 2.15. The largest absolute Gasteiger partial charge is 0.472 e. The number of hydrogen-bond donors (Lipinski definition) is 0. The summed E-state index contributed by atoms with van der Waals surface area (Å²) in [5.74, 6) is 0. The summed E-state index contributed by atoms with van der Waals surface area (Å²) >= 11 is 0. The van der Waals surface area contributed by atoms with E-state index in [2.05, 4.69) is 32.3 Å². The van der Waals surface area contributed by atoms with Crippen molar-refractivity contribution in [2.75, 3.05) is 0 Å². The average Bonchev–Trinajstić information content (AvgIpc) is 2.67. The van der Waals surface area contributed by atoms with Crippen LogP contribution in [-0.4, -0.2) is 37.6 Å². The maximum atomic E-state index is 5.68. The second-order valence-electron chi connectivity index (χ2n) is 4.63. The summed E-state index contributed by atoms with van der Waals surface area (Å²) in [6.45, 7) is 8.73. The first-order chi connectivity index (χ1) is 6.83. The molecule has 3 nitrogen and oxygen atoms in total. The Hall–Kier alpha value is 0.0675. The Labute approximate surface area is 99.5 Å². The molecule has 15 heavy (non-hydrogen) atoms. The van der Waals surface area contributed by atoms with E-state index in [1.807, 2.05) is 6.26 Å². The summed E-state index contributed by atoms with van der Waals surface area (Å²) in [5, 5.41) is 2.28. The molecule has 1 heterocycles. The van der Waals surface area contributed by atoms with E-state index in [1.54, 1.807) is 0 Å². The van der Waals surface area contributed by atoms with Crippen LogP contribution >= 0.6 is 0 Å². The van der Waals surface area contributed by atoms with E-state index in [9.17, 15) is 0 Å². The van der Waals surface area contributed by atoms with Crippen LogP contribution in [0.4, 0.5) is 0 Å². The van der Waals surface area contributed by atoms with Crippen molar-refractivity contribution in [3.05, 3.63) is 12.3 Å². The quantitative estimate of drug-likeness (QED) is 0.641. The van der Waals surface area contributed by atoms with Gasteiger partial charge in [-0.2, -0.15) is 0 Å². The monoisotopic (exact) mass is 276 g/mol. The minimum atomic E-state index is -1.75. The minimum absolute atomic E-state index is 0.770. The van der Waals surface area contributed by atoms with Crippen molar-refractivity contribution >= 4 is 48.2 Å². The fourth-order valence-electron chi connectivity index (χ4n) is 1.19. The highest BCUT2D eigenvalue weighted by Crippen LogP contribution is 2.07. The van der Waals surface area contributed by atoms with Gasteiger partial charge in [0.1, 0.15) is 26.4 Å². The third kappa shape index (κ3) is 2.80. The van der Waals surface area contributed by atoms with E-state index in [-0.39, 0.29) is 0 Å². The molecule has 0 aliphatic heterocycles. The SMILES string of the molecule is C[Si](C)(O[SiH3])c1coc([Si](C)(C)O[SiH3])c1. The van der Waals surface area contributed by atoms with Crippen molar-refractivity contribution in [1.29, 1.82) is 0 Å². The number of rotatable bonds is 4. The molecule has 7 heteroatoms. The van der Waals surface area contributed by atoms with Crippen LogP contribution in [0.3, 0.4) is 0 Å². The topological polar surface area (TPSA) is 31.6 Å². The summed E-state index contributed by atoms with van der Waals surface area (Å²) in [5.41, 5.74) is 0. The van der Waals surface area contributed by atoms with Crippen molar-refractivity contribution < 1.29 is 12.6 Å². The van der Waals surface area contributed by atoms with Crippen LogP contribution in [0.15, 0.2) is 16.7 Å². The normalized spacial score (nSPS) is 13.6. The highest BCUT2D eigenvalue weighted by Gasteiger charge is 2.31. The minimum Gasteiger partial charge on any atom is -0.472 e. The molecule has 0 bridgehead atoms. The molecule has 1 aromatic heterocycles. The number of hydrogen-bond acceptors (Lipinski definition) is 3. The molecule has 0 aliphatic carbocycles. The van der Waals surface area contributed by atoms with E-state index in [1.165, 1.54) is 5.19 Å². The second kappa shape index (κ2) is 4.51. The molecular weight excluding hydrogens is 256 g/mol. The van der Waals surface area contributed by atoms with E-state index in [0.717, 1.165) is 26.4 Å². The molecule has 0 saturated heterocycles. The zero-order chi connectivity index (χ0) is 11.7. The summed E-state index contributed by atoms with van der Waals surface area (Å²) < 4.78 is 17.0. The fourth-order valence-corrected chi connectivity index (χ4v) is 4.75. The zero-order valence-corrected chi connectivity index (χ0v) is 16.4. The third-order valence-corrected chi connectivity index (χ3v) is 14.2. The van der Waals surface area contributed by atoms with Crippen LogP contribution in [0.1, 0.15) is 0 Å². The molecule has 0 aromatic carbocycles. The van der Waals surface area contributed by atoms with Gasteiger partial charge in [0.25, 0.3) is 0 Å². The molecule has 1 aromatic rings. The average molecular weight is 277 g/mol. The van der Waals surface area contributed by atoms with E-state index in [4.69, 9.17) is 12.6 Å². The molecule has 86 valence electrons. The molecule has 0 atom stereocenters. The van der Waals surface area contributed by atoms with Gasteiger partial charge in [0.2, 0.25) is 16.6 Å². The van der Waals surface area contributed by atoms with Crippen molar-refractivity contribution in [2.45, 2.75) is 26.2 Å². The smallest absolute Gasteiger partial charge is 0.246 e. The molecule has 0 unspecified atom stereocenters.